The molecule has 1 heterocycles. The minimum Gasteiger partial charge on any atom is -0.487 e. The van der Waals surface area contributed by atoms with Crippen LogP contribution in [0.5, 0.6) is 5.75 Å². The molecule has 0 saturated heterocycles. The minimum atomic E-state index is -2.58. The number of para-hydroxylation sites is 1. The summed E-state index contributed by atoms with van der Waals surface area (Å²) in [5.74, 6) is 0.862. The Kier molecular flexibility index (Phi) is 8.13. The number of allylic oxidation sites excluding steroid dienone is 1. The van der Waals surface area contributed by atoms with E-state index < -0.39 is 19.0 Å². The maximum absolute atomic E-state index is 13.1. The Morgan fingerprint density at radius 1 is 1.06 bits per heavy atom. The first-order chi connectivity index (χ1) is 16.1. The Morgan fingerprint density at radius 3 is 2.41 bits per heavy atom. The third-order valence-corrected chi connectivity index (χ3v) is 5.63. The maximum atomic E-state index is 13.1. The third-order valence-electron chi connectivity index (χ3n) is 5.63. The summed E-state index contributed by atoms with van der Waals surface area (Å²) in [6.07, 6.45) is -1.19. The summed E-state index contributed by atoms with van der Waals surface area (Å²) in [6, 6.07) is 11.6. The lowest BCUT2D eigenvalue weighted by Gasteiger charge is -2.21. The van der Waals surface area contributed by atoms with Crippen molar-refractivity contribution in [2.45, 2.75) is 59.8 Å². The van der Waals surface area contributed by atoms with Crippen molar-refractivity contribution in [3.05, 3.63) is 59.4 Å². The molecule has 3 rings (SSSR count). The molecule has 0 radical (unpaired) electrons. The van der Waals surface area contributed by atoms with E-state index in [1.54, 1.807) is 13.8 Å². The Balaban J connectivity index is 2.23. The monoisotopic (exact) mass is 470 g/mol. The summed E-state index contributed by atoms with van der Waals surface area (Å²) in [7, 11) is 0. The van der Waals surface area contributed by atoms with Crippen molar-refractivity contribution in [1.29, 1.82) is 0 Å². The average Bonchev–Trinajstić information content (AvgIpc) is 3.21. The van der Waals surface area contributed by atoms with Crippen molar-refractivity contribution in [1.82, 2.24) is 0 Å². The Bertz CT molecular complexity index is 1190. The molecular formula is C28H32F2O4. The largest absolute Gasteiger partial charge is 0.487 e. The zero-order chi connectivity index (χ0) is 25.0. The predicted molar refractivity (Wildman–Crippen MR) is 132 cm³/mol. The van der Waals surface area contributed by atoms with Gasteiger partial charge in [-0.15, -0.1) is 0 Å². The second-order valence-corrected chi connectivity index (χ2v) is 8.91. The van der Waals surface area contributed by atoms with Crippen LogP contribution >= 0.6 is 0 Å². The smallest absolute Gasteiger partial charge is 0.331 e. The van der Waals surface area contributed by atoms with Crippen LogP contribution in [0.2, 0.25) is 0 Å². The zero-order valence-corrected chi connectivity index (χ0v) is 20.6. The van der Waals surface area contributed by atoms with Crippen LogP contribution in [0.3, 0.4) is 0 Å². The molecule has 3 aromatic rings. The number of hydrogen-bond acceptors (Lipinski definition) is 4. The van der Waals surface area contributed by atoms with Crippen molar-refractivity contribution >= 4 is 22.5 Å². The first-order valence-electron chi connectivity index (χ1n) is 11.6. The Hall–Kier alpha value is -3.15. The lowest BCUT2D eigenvalue weighted by Crippen LogP contribution is -2.10. The lowest BCUT2D eigenvalue weighted by molar-refractivity contribution is -0.137. The molecule has 0 spiro atoms. The molecule has 0 aliphatic rings. The first kappa shape index (κ1) is 25.5. The van der Waals surface area contributed by atoms with Crippen molar-refractivity contribution in [2.24, 2.45) is 0 Å². The molecule has 0 aliphatic carbocycles. The quantitative estimate of drug-likeness (QED) is 0.235. The first-order valence-corrected chi connectivity index (χ1v) is 11.6. The van der Waals surface area contributed by atoms with Gasteiger partial charge in [0.25, 0.3) is 6.43 Å². The van der Waals surface area contributed by atoms with Gasteiger partial charge in [0.1, 0.15) is 23.7 Å². The minimum absolute atomic E-state index is 0.0752. The number of hydrogen-bond donors (Lipinski definition) is 0. The van der Waals surface area contributed by atoms with Crippen LogP contribution in [0.15, 0.2) is 46.9 Å². The van der Waals surface area contributed by atoms with Crippen LogP contribution in [0, 0.1) is 0 Å². The normalized spacial score (nSPS) is 12.3. The molecule has 2 aromatic carbocycles. The highest BCUT2D eigenvalue weighted by Crippen LogP contribution is 2.43. The SMILES string of the molecule is CCOC(=O)/C=C(/C)c1cc2cccc(-c3cc(C(C)C)cc(C(C)C)c3OCC(F)F)c2o1. The highest BCUT2D eigenvalue weighted by atomic mass is 19.3. The van der Waals surface area contributed by atoms with Crippen molar-refractivity contribution in [2.75, 3.05) is 13.2 Å². The fourth-order valence-electron chi connectivity index (χ4n) is 3.85. The molecule has 6 heteroatoms. The molecule has 0 atom stereocenters. The molecule has 34 heavy (non-hydrogen) atoms. The lowest BCUT2D eigenvalue weighted by atomic mass is 9.89. The fourth-order valence-corrected chi connectivity index (χ4v) is 3.85. The summed E-state index contributed by atoms with van der Waals surface area (Å²) in [5, 5.41) is 0.838. The van der Waals surface area contributed by atoms with Crippen LogP contribution in [0.1, 0.15) is 70.3 Å². The molecule has 0 saturated carbocycles. The van der Waals surface area contributed by atoms with Gasteiger partial charge in [-0.1, -0.05) is 52.0 Å². The topological polar surface area (TPSA) is 48.7 Å². The van der Waals surface area contributed by atoms with Crippen molar-refractivity contribution in [3.8, 4) is 16.9 Å². The van der Waals surface area contributed by atoms with E-state index in [0.29, 0.717) is 34.8 Å². The highest BCUT2D eigenvalue weighted by Gasteiger charge is 2.22. The summed E-state index contributed by atoms with van der Waals surface area (Å²) in [5.41, 5.74) is 4.67. The van der Waals surface area contributed by atoms with Crippen LogP contribution in [-0.2, 0) is 9.53 Å². The van der Waals surface area contributed by atoms with Crippen molar-refractivity contribution < 1.29 is 27.5 Å². The summed E-state index contributed by atoms with van der Waals surface area (Å²) in [4.78, 5) is 11.9. The van der Waals surface area contributed by atoms with Gasteiger partial charge in [0.15, 0.2) is 0 Å². The van der Waals surface area contributed by atoms with Gasteiger partial charge in [-0.3, -0.25) is 0 Å². The Labute approximate surface area is 199 Å². The van der Waals surface area contributed by atoms with Gasteiger partial charge < -0.3 is 13.9 Å². The van der Waals surface area contributed by atoms with Crippen molar-refractivity contribution in [3.63, 3.8) is 0 Å². The number of rotatable bonds is 9. The number of esters is 1. The van der Waals surface area contributed by atoms with Crippen LogP contribution in [0.4, 0.5) is 8.78 Å². The summed E-state index contributed by atoms with van der Waals surface area (Å²) in [6.45, 7) is 11.4. The van der Waals surface area contributed by atoms with Gasteiger partial charge >= 0.3 is 5.97 Å². The van der Waals surface area contributed by atoms with E-state index in [4.69, 9.17) is 13.9 Å². The molecule has 0 unspecified atom stereocenters. The molecule has 0 fully saturated rings. The average molecular weight is 471 g/mol. The van der Waals surface area contributed by atoms with Crippen LogP contribution in [0.25, 0.3) is 27.7 Å². The molecular weight excluding hydrogens is 438 g/mol. The van der Waals surface area contributed by atoms with Gasteiger partial charge in [0, 0.05) is 22.6 Å². The second kappa shape index (κ2) is 10.9. The molecule has 0 bridgehead atoms. The maximum Gasteiger partial charge on any atom is 0.331 e. The molecule has 0 aliphatic heterocycles. The van der Waals surface area contributed by atoms with Gasteiger partial charge in [-0.25, -0.2) is 13.6 Å². The van der Waals surface area contributed by atoms with Gasteiger partial charge in [0.2, 0.25) is 0 Å². The molecule has 1 aromatic heterocycles. The molecule has 4 nitrogen and oxygen atoms in total. The van der Waals surface area contributed by atoms with Crippen LogP contribution < -0.4 is 4.74 Å². The number of fused-ring (bicyclic) bond motifs is 1. The van der Waals surface area contributed by atoms with E-state index in [2.05, 4.69) is 13.8 Å². The number of halogens is 2. The van der Waals surface area contributed by atoms with E-state index in [0.717, 1.165) is 22.1 Å². The van der Waals surface area contributed by atoms with Gasteiger partial charge in [-0.2, -0.15) is 0 Å². The van der Waals surface area contributed by atoms with Crippen LogP contribution in [-0.4, -0.2) is 25.6 Å². The number of ether oxygens (including phenoxy) is 2. The summed E-state index contributed by atoms with van der Waals surface area (Å²) < 4.78 is 43.1. The van der Waals surface area contributed by atoms with E-state index in [1.165, 1.54) is 6.08 Å². The number of carbonyl (C=O) groups excluding carboxylic acids is 1. The number of alkyl halides is 2. The zero-order valence-electron chi connectivity index (χ0n) is 20.6. The van der Waals surface area contributed by atoms with E-state index in [1.807, 2.05) is 50.2 Å². The van der Waals surface area contributed by atoms with Gasteiger partial charge in [0.05, 0.1) is 6.61 Å². The molecule has 182 valence electrons. The standard InChI is InChI=1S/C28H32F2O4/c1-7-32-26(31)11-18(6)24-14-19-9-8-10-21(27(19)34-24)23-13-20(16(2)3)12-22(17(4)5)28(23)33-15-25(29)30/h8-14,16-17,25H,7,15H2,1-6H3/b18-11-. The van der Waals surface area contributed by atoms with Gasteiger partial charge in [-0.05, 0) is 54.5 Å². The molecule has 0 amide bonds. The van der Waals surface area contributed by atoms with E-state index in [9.17, 15) is 13.6 Å². The third kappa shape index (κ3) is 5.66. The van der Waals surface area contributed by atoms with E-state index in [-0.39, 0.29) is 11.8 Å². The summed E-state index contributed by atoms with van der Waals surface area (Å²) >= 11 is 0. The van der Waals surface area contributed by atoms with E-state index >= 15 is 0 Å². The second-order valence-electron chi connectivity index (χ2n) is 8.91. The predicted octanol–water partition coefficient (Wildman–Crippen LogP) is 7.96. The number of benzene rings is 2. The molecule has 0 N–H and O–H groups in total. The fraction of sp³-hybridized carbons (Fsp3) is 0.393. The number of carbonyl (C=O) groups is 1. The Morgan fingerprint density at radius 2 is 1.79 bits per heavy atom. The highest BCUT2D eigenvalue weighted by molar-refractivity contribution is 5.97. The number of furan rings is 1.